The number of aliphatic carboxylic acids is 1. The molecule has 0 bridgehead atoms. The van der Waals surface area contributed by atoms with Crippen LogP contribution in [0.4, 0.5) is 4.79 Å². The molecule has 1 heterocycles. The zero-order valence-electron chi connectivity index (χ0n) is 14.6. The average Bonchev–Trinajstić information content (AvgIpc) is 3.04. The summed E-state index contributed by atoms with van der Waals surface area (Å²) in [5.41, 5.74) is 0.635. The number of benzene rings is 1. The van der Waals surface area contributed by atoms with Gasteiger partial charge in [-0.25, -0.2) is 4.79 Å². The number of likely N-dealkylation sites (tertiary alicyclic amines) is 1. The zero-order valence-corrected chi connectivity index (χ0v) is 14.6. The minimum Gasteiger partial charge on any atom is -0.481 e. The summed E-state index contributed by atoms with van der Waals surface area (Å²) in [6.07, 6.45) is 1.34. The fourth-order valence-corrected chi connectivity index (χ4v) is 2.97. The van der Waals surface area contributed by atoms with Gasteiger partial charge in [-0.2, -0.15) is 0 Å². The molecule has 0 aliphatic carbocycles. The minimum absolute atomic E-state index is 0.00564. The van der Waals surface area contributed by atoms with Gasteiger partial charge in [-0.05, 0) is 32.3 Å². The molecule has 1 aliphatic heterocycles. The van der Waals surface area contributed by atoms with Crippen LogP contribution in [-0.4, -0.2) is 53.1 Å². The maximum atomic E-state index is 12.5. The van der Waals surface area contributed by atoms with Crippen molar-refractivity contribution in [1.29, 1.82) is 0 Å². The second-order valence-corrected chi connectivity index (χ2v) is 6.50. The van der Waals surface area contributed by atoms with E-state index < -0.39 is 17.9 Å². The lowest BCUT2D eigenvalue weighted by Gasteiger charge is -2.25. The summed E-state index contributed by atoms with van der Waals surface area (Å²) in [6.45, 7) is 4.24. The van der Waals surface area contributed by atoms with Crippen LogP contribution in [0.2, 0.25) is 0 Å². The Kier molecular flexibility index (Phi) is 6.38. The number of carboxylic acid groups (broad SMARTS) is 1. The molecule has 2 rings (SSSR count). The van der Waals surface area contributed by atoms with Crippen LogP contribution in [0.1, 0.15) is 38.2 Å². The molecule has 0 saturated carbocycles. The van der Waals surface area contributed by atoms with E-state index in [1.807, 2.05) is 19.9 Å². The van der Waals surface area contributed by atoms with Crippen molar-refractivity contribution in [3.05, 3.63) is 35.9 Å². The number of carbonyl (C=O) groups excluding carboxylic acids is 2. The highest BCUT2D eigenvalue weighted by molar-refractivity contribution is 5.88. The first-order valence-corrected chi connectivity index (χ1v) is 8.52. The van der Waals surface area contributed by atoms with Crippen molar-refractivity contribution >= 4 is 17.9 Å². The molecule has 3 amide bonds. The molecule has 1 aliphatic rings. The number of carbonyl (C=O) groups is 3. The van der Waals surface area contributed by atoms with Crippen molar-refractivity contribution < 1.29 is 19.5 Å². The van der Waals surface area contributed by atoms with Gasteiger partial charge in [-0.15, -0.1) is 0 Å². The van der Waals surface area contributed by atoms with E-state index in [9.17, 15) is 19.5 Å². The molecule has 1 saturated heterocycles. The second-order valence-electron chi connectivity index (χ2n) is 6.50. The second kappa shape index (κ2) is 8.50. The summed E-state index contributed by atoms with van der Waals surface area (Å²) in [6, 6.07) is 7.97. The fraction of sp³-hybridized carbons (Fsp3) is 0.500. The highest BCUT2D eigenvalue weighted by Crippen LogP contribution is 2.19. The number of hydrogen-bond donors (Lipinski definition) is 3. The number of nitrogens with zero attached hydrogens (tertiary/aromatic N) is 1. The van der Waals surface area contributed by atoms with Crippen molar-refractivity contribution in [2.75, 3.05) is 13.1 Å². The van der Waals surface area contributed by atoms with Gasteiger partial charge in [-0.1, -0.05) is 30.3 Å². The van der Waals surface area contributed by atoms with Gasteiger partial charge in [0.15, 0.2) is 0 Å². The Morgan fingerprint density at radius 2 is 1.92 bits per heavy atom. The van der Waals surface area contributed by atoms with Crippen molar-refractivity contribution in [3.63, 3.8) is 0 Å². The summed E-state index contributed by atoms with van der Waals surface area (Å²) in [5, 5.41) is 14.9. The van der Waals surface area contributed by atoms with Gasteiger partial charge in [0, 0.05) is 19.1 Å². The predicted molar refractivity (Wildman–Crippen MR) is 93.2 cm³/mol. The maximum absolute atomic E-state index is 12.5. The van der Waals surface area contributed by atoms with Crippen LogP contribution in [0.15, 0.2) is 30.3 Å². The standard InChI is InChI=1S/C18H25N3O4/c1-12(2)20-18(25)21-10-6-9-15(21)16(22)19-11-14(17(23)24)13-7-4-3-5-8-13/h3-5,7-8,12,14-15H,6,9-11H2,1-2H3,(H,19,22)(H,20,25)(H,23,24)/t14?,15-/m0/s1. The number of hydrogen-bond acceptors (Lipinski definition) is 3. The van der Waals surface area contributed by atoms with Gasteiger partial charge in [-0.3, -0.25) is 9.59 Å². The molecule has 1 fully saturated rings. The van der Waals surface area contributed by atoms with Crippen LogP contribution in [0.3, 0.4) is 0 Å². The Labute approximate surface area is 147 Å². The maximum Gasteiger partial charge on any atom is 0.318 e. The molecule has 3 N–H and O–H groups in total. The van der Waals surface area contributed by atoms with Crippen molar-refractivity contribution in [3.8, 4) is 0 Å². The molecule has 0 aromatic heterocycles. The Bertz CT molecular complexity index is 618. The lowest BCUT2D eigenvalue weighted by molar-refractivity contribution is -0.138. The molecule has 2 atom stereocenters. The summed E-state index contributed by atoms with van der Waals surface area (Å²) >= 11 is 0. The number of nitrogens with one attached hydrogen (secondary N) is 2. The Balaban J connectivity index is 1.98. The first kappa shape index (κ1) is 18.8. The molecule has 7 nitrogen and oxygen atoms in total. The van der Waals surface area contributed by atoms with Crippen LogP contribution < -0.4 is 10.6 Å². The molecule has 0 radical (unpaired) electrons. The molecule has 7 heteroatoms. The van der Waals surface area contributed by atoms with Gasteiger partial charge in [0.2, 0.25) is 5.91 Å². The van der Waals surface area contributed by atoms with Crippen LogP contribution in [0, 0.1) is 0 Å². The Morgan fingerprint density at radius 3 is 2.52 bits per heavy atom. The highest BCUT2D eigenvalue weighted by Gasteiger charge is 2.34. The van der Waals surface area contributed by atoms with Crippen molar-refractivity contribution in [1.82, 2.24) is 15.5 Å². The van der Waals surface area contributed by atoms with Crippen LogP contribution >= 0.6 is 0 Å². The third-order valence-electron chi connectivity index (χ3n) is 4.21. The molecule has 1 unspecified atom stereocenters. The van der Waals surface area contributed by atoms with Crippen LogP contribution in [-0.2, 0) is 9.59 Å². The van der Waals surface area contributed by atoms with E-state index in [0.717, 1.165) is 6.42 Å². The topological polar surface area (TPSA) is 98.7 Å². The first-order valence-electron chi connectivity index (χ1n) is 8.52. The third kappa shape index (κ3) is 4.95. The Hall–Kier alpha value is -2.57. The van der Waals surface area contributed by atoms with E-state index in [-0.39, 0.29) is 24.5 Å². The van der Waals surface area contributed by atoms with Gasteiger partial charge in [0.25, 0.3) is 0 Å². The summed E-state index contributed by atoms with van der Waals surface area (Å²) in [7, 11) is 0. The van der Waals surface area contributed by atoms with Gasteiger partial charge in [0.1, 0.15) is 6.04 Å². The lowest BCUT2D eigenvalue weighted by atomic mass is 9.99. The molecule has 1 aromatic carbocycles. The molecular formula is C18H25N3O4. The summed E-state index contributed by atoms with van der Waals surface area (Å²) in [4.78, 5) is 37.7. The molecular weight excluding hydrogens is 322 g/mol. The molecule has 25 heavy (non-hydrogen) atoms. The third-order valence-corrected chi connectivity index (χ3v) is 4.21. The predicted octanol–water partition coefficient (Wildman–Crippen LogP) is 1.55. The normalized spacial score (nSPS) is 18.0. The number of carboxylic acids is 1. The molecule has 1 aromatic rings. The first-order chi connectivity index (χ1) is 11.9. The van der Waals surface area contributed by atoms with Crippen molar-refractivity contribution in [2.24, 2.45) is 0 Å². The summed E-state index contributed by atoms with van der Waals surface area (Å²) in [5.74, 6) is -2.12. The quantitative estimate of drug-likeness (QED) is 0.727. The molecule has 136 valence electrons. The average molecular weight is 347 g/mol. The van der Waals surface area contributed by atoms with Gasteiger partial charge >= 0.3 is 12.0 Å². The Morgan fingerprint density at radius 1 is 1.24 bits per heavy atom. The van der Waals surface area contributed by atoms with E-state index in [0.29, 0.717) is 18.5 Å². The van der Waals surface area contributed by atoms with Gasteiger partial charge in [0.05, 0.1) is 5.92 Å². The number of urea groups is 1. The van der Waals surface area contributed by atoms with Crippen LogP contribution in [0.5, 0.6) is 0 Å². The fourth-order valence-electron chi connectivity index (χ4n) is 2.97. The SMILES string of the molecule is CC(C)NC(=O)N1CCC[C@H]1C(=O)NCC(C(=O)O)c1ccccc1. The van der Waals surface area contributed by atoms with E-state index in [1.54, 1.807) is 24.3 Å². The number of amides is 3. The monoisotopic (exact) mass is 347 g/mol. The largest absolute Gasteiger partial charge is 0.481 e. The molecule has 0 spiro atoms. The van der Waals surface area contributed by atoms with E-state index in [2.05, 4.69) is 10.6 Å². The lowest BCUT2D eigenvalue weighted by Crippen LogP contribution is -2.51. The van der Waals surface area contributed by atoms with Gasteiger partial charge < -0.3 is 20.6 Å². The van der Waals surface area contributed by atoms with E-state index in [4.69, 9.17) is 0 Å². The van der Waals surface area contributed by atoms with Crippen LogP contribution in [0.25, 0.3) is 0 Å². The zero-order chi connectivity index (χ0) is 18.4. The number of rotatable bonds is 6. The van der Waals surface area contributed by atoms with E-state index >= 15 is 0 Å². The minimum atomic E-state index is -0.993. The smallest absolute Gasteiger partial charge is 0.318 e. The highest BCUT2D eigenvalue weighted by atomic mass is 16.4. The van der Waals surface area contributed by atoms with Crippen molar-refractivity contribution in [2.45, 2.75) is 44.7 Å². The van der Waals surface area contributed by atoms with E-state index in [1.165, 1.54) is 4.90 Å². The summed E-state index contributed by atoms with van der Waals surface area (Å²) < 4.78 is 0.